The molecular formula is C50H60Cl2O2Si2. The predicted octanol–water partition coefficient (Wildman–Crippen LogP) is 15.3. The Kier molecular flexibility index (Phi) is 12.8. The van der Waals surface area contributed by atoms with E-state index in [1.165, 1.54) is 22.3 Å². The smallest absolute Gasteiger partial charge is 0.194 e. The van der Waals surface area contributed by atoms with Gasteiger partial charge in [0, 0.05) is 20.9 Å². The summed E-state index contributed by atoms with van der Waals surface area (Å²) in [4.78, 5) is 0. The Hall–Kier alpha value is -3.23. The SMILES string of the molecule is CC[Si](CC)(CC)OC1(c2ccc(Cl)cc2)C=CC(O[Si](CC)(CC)CC)(c2ccc(-c3ccc(C4(C)C=CC(C)(c5ccc(Cl)cc5)C=C4)cc3)cc2)C=C1. The number of benzene rings is 4. The third-order valence-electron chi connectivity index (χ3n) is 13.3. The molecule has 0 bridgehead atoms. The molecule has 0 aliphatic heterocycles. The molecule has 2 aliphatic rings. The van der Waals surface area contributed by atoms with Gasteiger partial charge in [-0.3, -0.25) is 0 Å². The van der Waals surface area contributed by atoms with Gasteiger partial charge in [0.1, 0.15) is 11.2 Å². The first-order valence-electron chi connectivity index (χ1n) is 20.7. The van der Waals surface area contributed by atoms with Crippen molar-refractivity contribution in [3.63, 3.8) is 0 Å². The van der Waals surface area contributed by atoms with E-state index in [1.807, 2.05) is 24.3 Å². The molecule has 2 nitrogen and oxygen atoms in total. The van der Waals surface area contributed by atoms with Crippen LogP contribution in [0, 0.1) is 0 Å². The molecule has 4 aromatic carbocycles. The van der Waals surface area contributed by atoms with E-state index in [4.69, 9.17) is 32.1 Å². The Bertz CT molecular complexity index is 2010. The number of rotatable bonds is 15. The fourth-order valence-corrected chi connectivity index (χ4v) is 14.6. The van der Waals surface area contributed by atoms with Crippen molar-refractivity contribution in [1.82, 2.24) is 0 Å². The molecule has 294 valence electrons. The molecule has 0 radical (unpaired) electrons. The van der Waals surface area contributed by atoms with E-state index >= 15 is 0 Å². The number of hydrogen-bond acceptors (Lipinski definition) is 2. The highest BCUT2D eigenvalue weighted by Gasteiger charge is 2.46. The first-order chi connectivity index (χ1) is 26.8. The van der Waals surface area contributed by atoms with Crippen LogP contribution in [0.4, 0.5) is 0 Å². The van der Waals surface area contributed by atoms with Crippen LogP contribution in [0.3, 0.4) is 0 Å². The second kappa shape index (κ2) is 16.9. The molecular weight excluding hydrogens is 760 g/mol. The van der Waals surface area contributed by atoms with Gasteiger partial charge in [0.25, 0.3) is 0 Å². The van der Waals surface area contributed by atoms with Crippen LogP contribution in [0.5, 0.6) is 0 Å². The standard InChI is InChI=1S/C50H60Cl2O2Si2/c1-9-55(10-2,11-3)53-49(35-37-50(38-36-49,44-25-29-46(52)30-26-44)54-56(12-4,13-5)14-6)43-21-17-40(18-22-43)39-15-19-41(20-16-39)47(7)31-33-48(8,34-32-47)42-23-27-45(51)28-24-42/h15-38H,9-14H2,1-8H3. The summed E-state index contributed by atoms with van der Waals surface area (Å²) in [5.41, 5.74) is 5.38. The zero-order valence-electron chi connectivity index (χ0n) is 34.7. The Labute approximate surface area is 349 Å². The molecule has 0 fully saturated rings. The van der Waals surface area contributed by atoms with E-state index in [1.54, 1.807) is 0 Å². The normalized spacial score (nSPS) is 24.8. The molecule has 0 heterocycles. The van der Waals surface area contributed by atoms with Crippen molar-refractivity contribution < 1.29 is 8.85 Å². The molecule has 6 heteroatoms. The van der Waals surface area contributed by atoms with Crippen molar-refractivity contribution in [2.24, 2.45) is 0 Å². The van der Waals surface area contributed by atoms with Crippen LogP contribution in [0.2, 0.25) is 46.3 Å². The highest BCUT2D eigenvalue weighted by molar-refractivity contribution is 6.74. The summed E-state index contributed by atoms with van der Waals surface area (Å²) < 4.78 is 14.9. The molecule has 0 amide bonds. The van der Waals surface area contributed by atoms with Crippen LogP contribution in [0.15, 0.2) is 146 Å². The average Bonchev–Trinajstić information content (AvgIpc) is 3.24. The number of allylic oxidation sites excluding steroid dienone is 4. The van der Waals surface area contributed by atoms with Crippen LogP contribution in [-0.4, -0.2) is 16.6 Å². The van der Waals surface area contributed by atoms with E-state index in [0.717, 1.165) is 57.4 Å². The molecule has 2 aliphatic carbocycles. The second-order valence-corrected chi connectivity index (χ2v) is 26.6. The van der Waals surface area contributed by atoms with Crippen molar-refractivity contribution in [2.45, 2.75) is 114 Å². The van der Waals surface area contributed by atoms with Gasteiger partial charge in [0.15, 0.2) is 16.6 Å². The molecule has 0 spiro atoms. The zero-order valence-corrected chi connectivity index (χ0v) is 38.2. The quantitative estimate of drug-likeness (QED) is 0.0879. The largest absolute Gasteiger partial charge is 0.401 e. The van der Waals surface area contributed by atoms with E-state index in [2.05, 4.69) is 177 Å². The molecule has 56 heavy (non-hydrogen) atoms. The van der Waals surface area contributed by atoms with Crippen LogP contribution in [0.1, 0.15) is 77.6 Å². The Balaban J connectivity index is 1.32. The highest BCUT2D eigenvalue weighted by Crippen LogP contribution is 2.46. The number of hydrogen-bond donors (Lipinski definition) is 0. The van der Waals surface area contributed by atoms with Crippen LogP contribution < -0.4 is 0 Å². The lowest BCUT2D eigenvalue weighted by molar-refractivity contribution is 0.121. The minimum absolute atomic E-state index is 0.166. The zero-order chi connectivity index (χ0) is 40.2. The molecule has 4 aromatic rings. The molecule has 0 saturated heterocycles. The monoisotopic (exact) mass is 818 g/mol. The Morgan fingerprint density at radius 2 is 0.625 bits per heavy atom. The topological polar surface area (TPSA) is 18.5 Å². The first kappa shape index (κ1) is 42.4. The van der Waals surface area contributed by atoms with Gasteiger partial charge in [-0.1, -0.05) is 162 Å². The lowest BCUT2D eigenvalue weighted by Gasteiger charge is -2.46. The maximum atomic E-state index is 7.53. The average molecular weight is 820 g/mol. The summed E-state index contributed by atoms with van der Waals surface area (Å²) in [6, 6.07) is 40.8. The number of halogens is 2. The summed E-state index contributed by atoms with van der Waals surface area (Å²) in [6.45, 7) is 18.3. The highest BCUT2D eigenvalue weighted by atomic mass is 35.5. The van der Waals surface area contributed by atoms with Gasteiger partial charge < -0.3 is 8.85 Å². The van der Waals surface area contributed by atoms with E-state index < -0.39 is 27.8 Å². The minimum atomic E-state index is -2.07. The van der Waals surface area contributed by atoms with Crippen LogP contribution >= 0.6 is 23.2 Å². The third-order valence-corrected chi connectivity index (χ3v) is 23.1. The van der Waals surface area contributed by atoms with Gasteiger partial charge in [-0.25, -0.2) is 0 Å². The molecule has 0 atom stereocenters. The molecule has 6 rings (SSSR count). The lowest BCUT2D eigenvalue weighted by Crippen LogP contribution is -2.48. The summed E-state index contributed by atoms with van der Waals surface area (Å²) in [6.07, 6.45) is 18.5. The van der Waals surface area contributed by atoms with Gasteiger partial charge in [-0.2, -0.15) is 0 Å². The van der Waals surface area contributed by atoms with Gasteiger partial charge in [0.2, 0.25) is 0 Å². The summed E-state index contributed by atoms with van der Waals surface area (Å²) in [5.74, 6) is 0. The van der Waals surface area contributed by atoms with Crippen LogP contribution in [-0.2, 0) is 30.9 Å². The Morgan fingerprint density at radius 3 is 0.911 bits per heavy atom. The summed E-state index contributed by atoms with van der Waals surface area (Å²) in [5, 5.41) is 1.49. The van der Waals surface area contributed by atoms with Gasteiger partial charge in [-0.15, -0.1) is 0 Å². The minimum Gasteiger partial charge on any atom is -0.401 e. The maximum absolute atomic E-state index is 7.53. The van der Waals surface area contributed by atoms with E-state index in [9.17, 15) is 0 Å². The molecule has 0 unspecified atom stereocenters. The molecule has 0 N–H and O–H groups in total. The van der Waals surface area contributed by atoms with Crippen molar-refractivity contribution in [3.8, 4) is 11.1 Å². The van der Waals surface area contributed by atoms with Gasteiger partial charge >= 0.3 is 0 Å². The van der Waals surface area contributed by atoms with Gasteiger partial charge in [0.05, 0.1) is 0 Å². The Morgan fingerprint density at radius 1 is 0.375 bits per heavy atom. The third kappa shape index (κ3) is 8.35. The van der Waals surface area contributed by atoms with Crippen molar-refractivity contribution in [1.29, 1.82) is 0 Å². The summed E-state index contributed by atoms with van der Waals surface area (Å²) >= 11 is 12.6. The van der Waals surface area contributed by atoms with Gasteiger partial charge in [-0.05, 0) is 132 Å². The second-order valence-electron chi connectivity index (χ2n) is 16.3. The summed E-state index contributed by atoms with van der Waals surface area (Å²) in [7, 11) is -4.10. The fourth-order valence-electron chi connectivity index (χ4n) is 8.55. The van der Waals surface area contributed by atoms with Crippen molar-refractivity contribution in [2.75, 3.05) is 0 Å². The maximum Gasteiger partial charge on any atom is 0.194 e. The predicted molar refractivity (Wildman–Crippen MR) is 246 cm³/mol. The van der Waals surface area contributed by atoms with Crippen LogP contribution in [0.25, 0.3) is 11.1 Å². The molecule has 0 saturated carbocycles. The van der Waals surface area contributed by atoms with Crippen molar-refractivity contribution >= 4 is 39.8 Å². The fraction of sp³-hybridized carbons (Fsp3) is 0.360. The first-order valence-corrected chi connectivity index (χ1v) is 26.6. The van der Waals surface area contributed by atoms with E-state index in [0.29, 0.717) is 0 Å². The lowest BCUT2D eigenvalue weighted by atomic mass is 9.71. The van der Waals surface area contributed by atoms with Crippen molar-refractivity contribution in [3.05, 3.63) is 178 Å². The molecule has 0 aromatic heterocycles. The van der Waals surface area contributed by atoms with E-state index in [-0.39, 0.29) is 10.8 Å².